The quantitative estimate of drug-likeness (QED) is 0.312. The number of hydrogen-bond acceptors (Lipinski definition) is 6. The average molecular weight is 260 g/mol. The van der Waals surface area contributed by atoms with Gasteiger partial charge in [0.05, 0.1) is 5.66 Å². The molecule has 0 spiro atoms. The van der Waals surface area contributed by atoms with Crippen LogP contribution >= 0.6 is 0 Å². The maximum atomic E-state index is 11.4. The Morgan fingerprint density at radius 1 is 0.833 bits per heavy atom. The van der Waals surface area contributed by atoms with Gasteiger partial charge in [0.15, 0.2) is 5.54 Å². The van der Waals surface area contributed by atoms with Crippen LogP contribution in [0.4, 0.5) is 0 Å². The van der Waals surface area contributed by atoms with Crippen LogP contribution in [0.3, 0.4) is 0 Å². The predicted octanol–water partition coefficient (Wildman–Crippen LogP) is -1.87. The van der Waals surface area contributed by atoms with Crippen molar-refractivity contribution in [1.29, 1.82) is 0 Å². The summed E-state index contributed by atoms with van der Waals surface area (Å²) < 4.78 is 0. The predicted molar refractivity (Wildman–Crippen MR) is 63.3 cm³/mol. The van der Waals surface area contributed by atoms with E-state index in [0.29, 0.717) is 19.3 Å². The first kappa shape index (κ1) is 14.8. The van der Waals surface area contributed by atoms with E-state index in [1.807, 2.05) is 0 Å². The molecule has 0 aromatic carbocycles. The summed E-state index contributed by atoms with van der Waals surface area (Å²) in [5.41, 5.74) is 16.6. The Bertz CT molecular complexity index is 373. The second kappa shape index (κ2) is 4.47. The summed E-state index contributed by atoms with van der Waals surface area (Å²) in [6.45, 7) is 0. The second-order valence-corrected chi connectivity index (χ2v) is 4.99. The molecule has 0 saturated heterocycles. The second-order valence-electron chi connectivity index (χ2n) is 4.99. The van der Waals surface area contributed by atoms with Crippen LogP contribution in [0.15, 0.2) is 0 Å². The molecule has 104 valence electrons. The zero-order chi connectivity index (χ0) is 14.2. The number of carboxylic acid groups (broad SMARTS) is 2. The van der Waals surface area contributed by atoms with Crippen molar-refractivity contribution in [2.45, 2.75) is 48.8 Å². The van der Waals surface area contributed by atoms with E-state index in [1.54, 1.807) is 0 Å². The highest BCUT2D eigenvalue weighted by molar-refractivity contribution is 5.94. The third-order valence-electron chi connectivity index (χ3n) is 3.82. The Morgan fingerprint density at radius 2 is 1.33 bits per heavy atom. The molecule has 0 amide bonds. The highest BCUT2D eigenvalue weighted by Crippen LogP contribution is 2.35. The maximum Gasteiger partial charge on any atom is 0.329 e. The lowest BCUT2D eigenvalue weighted by molar-refractivity contribution is -0.162. The van der Waals surface area contributed by atoms with Crippen LogP contribution in [-0.2, 0) is 9.59 Å². The molecule has 18 heavy (non-hydrogen) atoms. The van der Waals surface area contributed by atoms with E-state index >= 15 is 0 Å². The highest BCUT2D eigenvalue weighted by atomic mass is 16.4. The van der Waals surface area contributed by atoms with Gasteiger partial charge in [0.1, 0.15) is 5.54 Å². The molecule has 0 aromatic rings. The lowest BCUT2D eigenvalue weighted by Gasteiger charge is -2.49. The van der Waals surface area contributed by atoms with Crippen molar-refractivity contribution in [3.8, 4) is 0 Å². The van der Waals surface area contributed by atoms with E-state index in [-0.39, 0.29) is 12.8 Å². The molecule has 0 bridgehead atoms. The Hall–Kier alpha value is -1.22. The molecule has 8 nitrogen and oxygen atoms in total. The van der Waals surface area contributed by atoms with Crippen molar-refractivity contribution in [3.05, 3.63) is 0 Å². The van der Waals surface area contributed by atoms with Crippen LogP contribution in [0, 0.1) is 0 Å². The molecule has 1 rings (SSSR count). The summed E-state index contributed by atoms with van der Waals surface area (Å²) in [4.78, 5) is 22.8. The summed E-state index contributed by atoms with van der Waals surface area (Å²) >= 11 is 0. The van der Waals surface area contributed by atoms with Gasteiger partial charge in [0, 0.05) is 0 Å². The van der Waals surface area contributed by atoms with Crippen LogP contribution in [-0.4, -0.2) is 38.9 Å². The van der Waals surface area contributed by atoms with Gasteiger partial charge in [-0.1, -0.05) is 19.3 Å². The van der Waals surface area contributed by atoms with Gasteiger partial charge in [-0.05, 0) is 12.8 Å². The number of aliphatic carboxylic acids is 2. The molecule has 8 heteroatoms. The molecule has 1 aliphatic rings. The van der Waals surface area contributed by atoms with Crippen LogP contribution in [0.25, 0.3) is 0 Å². The first-order chi connectivity index (χ1) is 8.09. The zero-order valence-corrected chi connectivity index (χ0v) is 10.1. The Morgan fingerprint density at radius 3 is 1.78 bits per heavy atom. The van der Waals surface area contributed by atoms with E-state index in [0.717, 1.165) is 0 Å². The Labute approximate surface area is 104 Å². The van der Waals surface area contributed by atoms with Gasteiger partial charge in [-0.15, -0.1) is 0 Å². The van der Waals surface area contributed by atoms with Crippen LogP contribution < -0.4 is 22.9 Å². The van der Waals surface area contributed by atoms with Gasteiger partial charge in [-0.3, -0.25) is 4.79 Å². The minimum atomic E-state index is -2.42. The lowest BCUT2D eigenvalue weighted by Crippen LogP contribution is -2.87. The van der Waals surface area contributed by atoms with E-state index < -0.39 is 28.7 Å². The number of hydrogen-bond donors (Lipinski definition) is 6. The van der Waals surface area contributed by atoms with E-state index in [4.69, 9.17) is 22.9 Å². The van der Waals surface area contributed by atoms with Gasteiger partial charge in [-0.2, -0.15) is 0 Å². The fourth-order valence-electron chi connectivity index (χ4n) is 2.47. The molecule has 1 saturated carbocycles. The standard InChI is InChI=1S/C10H20N4O4/c11-8(6(15)16)4-2-1-3-5-9(12,13)10(8,14)7(17)18/h1-5,11-14H2,(H,15,16)(H,17,18). The summed E-state index contributed by atoms with van der Waals surface area (Å²) in [5, 5.41) is 18.6. The fraction of sp³-hybridized carbons (Fsp3) is 0.800. The summed E-state index contributed by atoms with van der Waals surface area (Å²) in [6, 6.07) is 0. The van der Waals surface area contributed by atoms with E-state index in [2.05, 4.69) is 0 Å². The molecule has 0 aromatic heterocycles. The largest absolute Gasteiger partial charge is 0.480 e. The molecule has 2 unspecified atom stereocenters. The summed E-state index contributed by atoms with van der Waals surface area (Å²) in [5.74, 6) is -3.10. The molecular formula is C10H20N4O4. The molecule has 2 atom stereocenters. The van der Waals surface area contributed by atoms with Crippen molar-refractivity contribution in [2.75, 3.05) is 0 Å². The molecule has 1 aliphatic carbocycles. The smallest absolute Gasteiger partial charge is 0.329 e. The van der Waals surface area contributed by atoms with Crippen molar-refractivity contribution >= 4 is 11.9 Å². The van der Waals surface area contributed by atoms with Crippen LogP contribution in [0.5, 0.6) is 0 Å². The molecule has 0 radical (unpaired) electrons. The van der Waals surface area contributed by atoms with Crippen molar-refractivity contribution in [2.24, 2.45) is 22.9 Å². The average Bonchev–Trinajstić information content (AvgIpc) is 2.24. The van der Waals surface area contributed by atoms with Crippen LogP contribution in [0.1, 0.15) is 32.1 Å². The number of rotatable bonds is 2. The normalized spacial score (nSPS) is 36.4. The van der Waals surface area contributed by atoms with Gasteiger partial charge in [0.25, 0.3) is 0 Å². The fourth-order valence-corrected chi connectivity index (χ4v) is 2.47. The van der Waals surface area contributed by atoms with Crippen molar-refractivity contribution in [3.63, 3.8) is 0 Å². The number of nitrogens with two attached hydrogens (primary N) is 4. The van der Waals surface area contributed by atoms with Crippen molar-refractivity contribution in [1.82, 2.24) is 0 Å². The molecule has 0 aliphatic heterocycles. The number of carbonyl (C=O) groups is 2. The SMILES string of the molecule is NC1(N)CCCCCC(N)(C(=O)O)C1(N)C(=O)O. The summed E-state index contributed by atoms with van der Waals surface area (Å²) in [6.07, 6.45) is 1.74. The zero-order valence-electron chi connectivity index (χ0n) is 10.1. The minimum Gasteiger partial charge on any atom is -0.480 e. The van der Waals surface area contributed by atoms with Gasteiger partial charge >= 0.3 is 11.9 Å². The number of carboxylic acids is 2. The molecule has 0 heterocycles. The maximum absolute atomic E-state index is 11.4. The van der Waals surface area contributed by atoms with Gasteiger partial charge in [-0.25, -0.2) is 4.79 Å². The van der Waals surface area contributed by atoms with Gasteiger partial charge in [0.2, 0.25) is 0 Å². The third-order valence-corrected chi connectivity index (χ3v) is 3.82. The topological polar surface area (TPSA) is 179 Å². The first-order valence-corrected chi connectivity index (χ1v) is 5.72. The molecule has 10 N–H and O–H groups in total. The Balaban J connectivity index is 3.42. The van der Waals surface area contributed by atoms with E-state index in [1.165, 1.54) is 0 Å². The minimum absolute atomic E-state index is 0.0821. The monoisotopic (exact) mass is 260 g/mol. The lowest BCUT2D eigenvalue weighted by atomic mass is 9.64. The summed E-state index contributed by atoms with van der Waals surface area (Å²) in [7, 11) is 0. The van der Waals surface area contributed by atoms with Crippen LogP contribution in [0.2, 0.25) is 0 Å². The Kier molecular flexibility index (Phi) is 3.68. The van der Waals surface area contributed by atoms with Gasteiger partial charge < -0.3 is 33.1 Å². The third kappa shape index (κ3) is 1.87. The highest BCUT2D eigenvalue weighted by Gasteiger charge is 2.65. The van der Waals surface area contributed by atoms with Crippen molar-refractivity contribution < 1.29 is 19.8 Å². The molecule has 1 fully saturated rings. The van der Waals surface area contributed by atoms with E-state index in [9.17, 15) is 19.8 Å². The first-order valence-electron chi connectivity index (χ1n) is 5.72. The molecular weight excluding hydrogens is 240 g/mol.